The van der Waals surface area contributed by atoms with E-state index in [9.17, 15) is 4.79 Å². The van der Waals surface area contributed by atoms with E-state index in [1.54, 1.807) is 24.3 Å². The summed E-state index contributed by atoms with van der Waals surface area (Å²) in [5.41, 5.74) is 0.854. The van der Waals surface area contributed by atoms with Crippen molar-refractivity contribution in [3.05, 3.63) is 34.9 Å². The second kappa shape index (κ2) is 6.30. The van der Waals surface area contributed by atoms with E-state index in [0.717, 1.165) is 5.56 Å². The van der Waals surface area contributed by atoms with Crippen molar-refractivity contribution in [3.8, 4) is 5.75 Å². The van der Waals surface area contributed by atoms with Crippen molar-refractivity contribution < 1.29 is 14.6 Å². The Morgan fingerprint density at radius 2 is 2.24 bits per heavy atom. The number of aliphatic carboxylic acids is 1. The summed E-state index contributed by atoms with van der Waals surface area (Å²) in [7, 11) is 0. The molecule has 1 aromatic carbocycles. The highest BCUT2D eigenvalue weighted by atomic mass is 35.5. The standard InChI is InChI=1S/C13H15ClO3/c1-9(2)17-12-7-6-10(8-11(12)14)4-3-5-13(15)16/h3-4,6-9H,5H2,1-2H3,(H,15,16)/b4-3+. The SMILES string of the molecule is CC(C)Oc1ccc(/C=C/CC(=O)O)cc1Cl. The van der Waals surface area contributed by atoms with Crippen LogP contribution in [-0.2, 0) is 4.79 Å². The van der Waals surface area contributed by atoms with Gasteiger partial charge in [-0.1, -0.05) is 29.8 Å². The molecule has 0 unspecified atom stereocenters. The van der Waals surface area contributed by atoms with Crippen LogP contribution in [0.1, 0.15) is 25.8 Å². The van der Waals surface area contributed by atoms with Gasteiger partial charge in [-0.2, -0.15) is 0 Å². The van der Waals surface area contributed by atoms with Crippen LogP contribution in [0.15, 0.2) is 24.3 Å². The Bertz CT molecular complexity index is 425. The van der Waals surface area contributed by atoms with Gasteiger partial charge in [0.05, 0.1) is 17.5 Å². The van der Waals surface area contributed by atoms with Gasteiger partial charge in [0, 0.05) is 0 Å². The summed E-state index contributed by atoms with van der Waals surface area (Å²) >= 11 is 6.04. The van der Waals surface area contributed by atoms with Gasteiger partial charge >= 0.3 is 5.97 Å². The van der Waals surface area contributed by atoms with E-state index in [-0.39, 0.29) is 12.5 Å². The van der Waals surface area contributed by atoms with Crippen LogP contribution < -0.4 is 4.74 Å². The fourth-order valence-corrected chi connectivity index (χ4v) is 1.50. The molecule has 0 heterocycles. The summed E-state index contributed by atoms with van der Waals surface area (Å²) in [6.07, 6.45) is 3.37. The lowest BCUT2D eigenvalue weighted by Gasteiger charge is -2.11. The highest BCUT2D eigenvalue weighted by molar-refractivity contribution is 6.32. The number of benzene rings is 1. The molecule has 0 amide bonds. The number of rotatable bonds is 5. The molecule has 0 aliphatic carbocycles. The fraction of sp³-hybridized carbons (Fsp3) is 0.308. The van der Waals surface area contributed by atoms with Crippen molar-refractivity contribution in [3.63, 3.8) is 0 Å². The predicted octanol–water partition coefficient (Wildman–Crippen LogP) is 3.62. The third-order valence-corrected chi connectivity index (χ3v) is 2.22. The van der Waals surface area contributed by atoms with E-state index in [2.05, 4.69) is 0 Å². The maximum atomic E-state index is 10.3. The van der Waals surface area contributed by atoms with Crippen molar-refractivity contribution in [1.29, 1.82) is 0 Å². The zero-order valence-electron chi connectivity index (χ0n) is 9.81. The van der Waals surface area contributed by atoms with Gasteiger partial charge in [-0.3, -0.25) is 4.79 Å². The Hall–Kier alpha value is -1.48. The van der Waals surface area contributed by atoms with Gasteiger partial charge in [0.15, 0.2) is 0 Å². The van der Waals surface area contributed by atoms with Gasteiger partial charge in [-0.25, -0.2) is 0 Å². The zero-order chi connectivity index (χ0) is 12.8. The maximum absolute atomic E-state index is 10.3. The molecule has 1 N–H and O–H groups in total. The first kappa shape index (κ1) is 13.6. The zero-order valence-corrected chi connectivity index (χ0v) is 10.6. The smallest absolute Gasteiger partial charge is 0.307 e. The van der Waals surface area contributed by atoms with E-state index in [1.165, 1.54) is 0 Å². The summed E-state index contributed by atoms with van der Waals surface area (Å²) in [5.74, 6) is -0.218. The minimum atomic E-state index is -0.855. The van der Waals surface area contributed by atoms with Crippen LogP contribution in [0.4, 0.5) is 0 Å². The van der Waals surface area contributed by atoms with Gasteiger partial charge in [0.25, 0.3) is 0 Å². The van der Waals surface area contributed by atoms with Gasteiger partial charge < -0.3 is 9.84 Å². The highest BCUT2D eigenvalue weighted by Gasteiger charge is 2.03. The van der Waals surface area contributed by atoms with E-state index in [0.29, 0.717) is 10.8 Å². The van der Waals surface area contributed by atoms with Crippen LogP contribution in [-0.4, -0.2) is 17.2 Å². The van der Waals surface area contributed by atoms with Crippen LogP contribution in [0.2, 0.25) is 5.02 Å². The molecule has 0 saturated heterocycles. The molecule has 0 aromatic heterocycles. The number of carboxylic acids is 1. The fourth-order valence-electron chi connectivity index (χ4n) is 1.27. The number of carbonyl (C=O) groups is 1. The van der Waals surface area contributed by atoms with E-state index in [4.69, 9.17) is 21.4 Å². The molecule has 17 heavy (non-hydrogen) atoms. The monoisotopic (exact) mass is 254 g/mol. The molecule has 0 bridgehead atoms. The second-order valence-corrected chi connectivity index (χ2v) is 4.26. The van der Waals surface area contributed by atoms with E-state index >= 15 is 0 Å². The summed E-state index contributed by atoms with van der Waals surface area (Å²) in [5, 5.41) is 9.02. The number of halogens is 1. The molecule has 3 nitrogen and oxygen atoms in total. The van der Waals surface area contributed by atoms with Crippen molar-refractivity contribution in [1.82, 2.24) is 0 Å². The Balaban J connectivity index is 2.74. The normalized spacial score (nSPS) is 11.1. The molecule has 0 aliphatic heterocycles. The van der Waals surface area contributed by atoms with Gasteiger partial charge in [-0.05, 0) is 31.5 Å². The summed E-state index contributed by atoms with van der Waals surface area (Å²) in [6.45, 7) is 3.86. The maximum Gasteiger partial charge on any atom is 0.307 e. The molecular formula is C13H15ClO3. The second-order valence-electron chi connectivity index (χ2n) is 3.86. The molecule has 0 atom stereocenters. The third-order valence-electron chi connectivity index (χ3n) is 1.92. The molecule has 92 valence electrons. The van der Waals surface area contributed by atoms with Crippen molar-refractivity contribution >= 4 is 23.6 Å². The van der Waals surface area contributed by atoms with Crippen molar-refractivity contribution in [2.75, 3.05) is 0 Å². The highest BCUT2D eigenvalue weighted by Crippen LogP contribution is 2.26. The van der Waals surface area contributed by atoms with Crippen LogP contribution >= 0.6 is 11.6 Å². The number of hydrogen-bond acceptors (Lipinski definition) is 2. The number of carboxylic acid groups (broad SMARTS) is 1. The summed E-state index contributed by atoms with van der Waals surface area (Å²) in [6, 6.07) is 5.36. The third kappa shape index (κ3) is 4.91. The Morgan fingerprint density at radius 3 is 2.76 bits per heavy atom. The molecule has 0 aliphatic rings. The molecule has 1 aromatic rings. The first-order chi connectivity index (χ1) is 7.99. The molecule has 1 rings (SSSR count). The lowest BCUT2D eigenvalue weighted by Crippen LogP contribution is -2.05. The van der Waals surface area contributed by atoms with Crippen LogP contribution in [0, 0.1) is 0 Å². The number of hydrogen-bond donors (Lipinski definition) is 1. The van der Waals surface area contributed by atoms with Gasteiger partial charge in [0.1, 0.15) is 5.75 Å². The Morgan fingerprint density at radius 1 is 1.53 bits per heavy atom. The lowest BCUT2D eigenvalue weighted by molar-refractivity contribution is -0.135. The predicted molar refractivity (Wildman–Crippen MR) is 68.5 cm³/mol. The largest absolute Gasteiger partial charge is 0.489 e. The minimum absolute atomic E-state index is 0.00185. The first-order valence-electron chi connectivity index (χ1n) is 5.33. The Labute approximate surface area is 106 Å². The number of ether oxygens (including phenoxy) is 1. The minimum Gasteiger partial charge on any atom is -0.489 e. The first-order valence-corrected chi connectivity index (χ1v) is 5.71. The topological polar surface area (TPSA) is 46.5 Å². The summed E-state index contributed by atoms with van der Waals surface area (Å²) < 4.78 is 5.49. The van der Waals surface area contributed by atoms with E-state index in [1.807, 2.05) is 19.9 Å². The van der Waals surface area contributed by atoms with Crippen LogP contribution in [0.3, 0.4) is 0 Å². The van der Waals surface area contributed by atoms with Gasteiger partial charge in [-0.15, -0.1) is 0 Å². The molecule has 0 spiro atoms. The Kier molecular flexibility index (Phi) is 5.04. The molecular weight excluding hydrogens is 240 g/mol. The quantitative estimate of drug-likeness (QED) is 0.873. The van der Waals surface area contributed by atoms with Crippen LogP contribution in [0.25, 0.3) is 6.08 Å². The van der Waals surface area contributed by atoms with Crippen molar-refractivity contribution in [2.45, 2.75) is 26.4 Å². The van der Waals surface area contributed by atoms with Gasteiger partial charge in [0.2, 0.25) is 0 Å². The molecule has 0 fully saturated rings. The van der Waals surface area contributed by atoms with Crippen molar-refractivity contribution in [2.24, 2.45) is 0 Å². The molecule has 4 heteroatoms. The molecule has 0 radical (unpaired) electrons. The molecule has 0 saturated carbocycles. The van der Waals surface area contributed by atoms with Crippen LogP contribution in [0.5, 0.6) is 5.75 Å². The van der Waals surface area contributed by atoms with E-state index < -0.39 is 5.97 Å². The summed E-state index contributed by atoms with van der Waals surface area (Å²) in [4.78, 5) is 10.3. The average Bonchev–Trinajstić information content (AvgIpc) is 2.21. The lowest BCUT2D eigenvalue weighted by atomic mass is 10.2. The average molecular weight is 255 g/mol.